The third kappa shape index (κ3) is 4.85. The second kappa shape index (κ2) is 8.08. The van der Waals surface area contributed by atoms with E-state index in [-0.39, 0.29) is 28.6 Å². The monoisotopic (exact) mass is 391 g/mol. The summed E-state index contributed by atoms with van der Waals surface area (Å²) in [5.41, 5.74) is 0.696. The van der Waals surface area contributed by atoms with Crippen molar-refractivity contribution in [1.82, 2.24) is 19.7 Å². The third-order valence-electron chi connectivity index (χ3n) is 4.75. The Hall–Kier alpha value is -2.42. The molecule has 0 atom stereocenters. The minimum absolute atomic E-state index is 0.0439. The number of nitrogens with zero attached hydrogens (tertiary/aromatic N) is 4. The van der Waals surface area contributed by atoms with Crippen LogP contribution in [0.5, 0.6) is 0 Å². The van der Waals surface area contributed by atoms with E-state index in [1.54, 1.807) is 40.3 Å². The maximum atomic E-state index is 12.6. The molecular formula is C18H25N5O3S. The van der Waals surface area contributed by atoms with Gasteiger partial charge in [-0.2, -0.15) is 5.10 Å². The number of piperidine rings is 1. The first-order valence-corrected chi connectivity index (χ1v) is 10.7. The molecule has 0 unspecified atom stereocenters. The Kier molecular flexibility index (Phi) is 5.79. The Morgan fingerprint density at radius 1 is 1.26 bits per heavy atom. The third-order valence-corrected chi connectivity index (χ3v) is 6.59. The molecule has 0 saturated carbocycles. The summed E-state index contributed by atoms with van der Waals surface area (Å²) in [5, 5.41) is 6.95. The first kappa shape index (κ1) is 19.3. The molecule has 2 amide bonds. The lowest BCUT2D eigenvalue weighted by Crippen LogP contribution is -2.42. The number of aromatic nitrogens is 3. The summed E-state index contributed by atoms with van der Waals surface area (Å²) in [6, 6.07) is 3.42. The van der Waals surface area contributed by atoms with E-state index in [0.29, 0.717) is 31.6 Å². The van der Waals surface area contributed by atoms with Crippen LogP contribution in [0.4, 0.5) is 10.5 Å². The van der Waals surface area contributed by atoms with Gasteiger partial charge < -0.3 is 10.2 Å². The minimum Gasteiger partial charge on any atom is -0.325 e. The molecule has 27 heavy (non-hydrogen) atoms. The largest absolute Gasteiger partial charge is 0.325 e. The van der Waals surface area contributed by atoms with Gasteiger partial charge in [0.25, 0.3) is 0 Å². The smallest absolute Gasteiger partial charge is 0.321 e. The van der Waals surface area contributed by atoms with Gasteiger partial charge in [0.15, 0.2) is 9.84 Å². The molecule has 8 nitrogen and oxygen atoms in total. The number of carbonyl (C=O) groups excluding carboxylic acids is 1. The van der Waals surface area contributed by atoms with Crippen molar-refractivity contribution >= 4 is 21.6 Å². The van der Waals surface area contributed by atoms with Gasteiger partial charge in [-0.25, -0.2) is 13.2 Å². The van der Waals surface area contributed by atoms with Crippen LogP contribution < -0.4 is 5.32 Å². The number of amides is 2. The number of rotatable bonds is 5. The van der Waals surface area contributed by atoms with Crippen LogP contribution >= 0.6 is 0 Å². The van der Waals surface area contributed by atoms with Crippen LogP contribution in [0, 0.1) is 5.92 Å². The lowest BCUT2D eigenvalue weighted by Gasteiger charge is -2.31. The molecule has 0 aliphatic carbocycles. The minimum atomic E-state index is -3.37. The Labute approximate surface area is 159 Å². The highest BCUT2D eigenvalue weighted by Crippen LogP contribution is 2.23. The molecule has 0 aromatic carbocycles. The van der Waals surface area contributed by atoms with Gasteiger partial charge in [0, 0.05) is 43.4 Å². The van der Waals surface area contributed by atoms with E-state index in [0.717, 1.165) is 0 Å². The van der Waals surface area contributed by atoms with Crippen molar-refractivity contribution < 1.29 is 13.2 Å². The first-order valence-electron chi connectivity index (χ1n) is 9.08. The fourth-order valence-electron chi connectivity index (χ4n) is 3.11. The van der Waals surface area contributed by atoms with Crippen LogP contribution in [-0.4, -0.2) is 53.0 Å². The molecule has 3 heterocycles. The predicted octanol–water partition coefficient (Wildman–Crippen LogP) is 2.58. The molecule has 9 heteroatoms. The summed E-state index contributed by atoms with van der Waals surface area (Å²) < 4.78 is 26.9. The van der Waals surface area contributed by atoms with Crippen molar-refractivity contribution in [3.05, 3.63) is 36.9 Å². The van der Waals surface area contributed by atoms with Crippen LogP contribution in [0.15, 0.2) is 41.8 Å². The average molecular weight is 391 g/mol. The van der Waals surface area contributed by atoms with Gasteiger partial charge in [0.1, 0.15) is 4.90 Å². The molecule has 146 valence electrons. The highest BCUT2D eigenvalue weighted by atomic mass is 32.2. The number of likely N-dealkylation sites (tertiary alicyclic amines) is 1. The molecule has 3 rings (SSSR count). The van der Waals surface area contributed by atoms with E-state index in [1.807, 2.05) is 13.8 Å². The predicted molar refractivity (Wildman–Crippen MR) is 102 cm³/mol. The van der Waals surface area contributed by atoms with Crippen molar-refractivity contribution in [3.8, 4) is 0 Å². The van der Waals surface area contributed by atoms with Crippen molar-refractivity contribution in [2.45, 2.75) is 37.6 Å². The molecule has 2 aromatic heterocycles. The zero-order valence-electron chi connectivity index (χ0n) is 15.6. The zero-order valence-corrected chi connectivity index (χ0v) is 16.4. The zero-order chi connectivity index (χ0) is 19.4. The van der Waals surface area contributed by atoms with Crippen molar-refractivity contribution in [2.24, 2.45) is 5.92 Å². The van der Waals surface area contributed by atoms with Crippen LogP contribution in [0.25, 0.3) is 0 Å². The number of anilines is 1. The number of urea groups is 1. The SMILES string of the molecule is CC(C)n1cc(S(=O)(=O)CC2CCN(C(=O)Nc3ccncc3)CC2)cn1. The highest BCUT2D eigenvalue weighted by Gasteiger charge is 2.28. The fourth-order valence-corrected chi connectivity index (χ4v) is 4.73. The number of nitrogens with one attached hydrogen (secondary N) is 1. The average Bonchev–Trinajstić information content (AvgIpc) is 3.14. The Bertz CT molecular complexity index is 871. The Morgan fingerprint density at radius 2 is 1.93 bits per heavy atom. The lowest BCUT2D eigenvalue weighted by molar-refractivity contribution is 0.187. The molecule has 1 N–H and O–H groups in total. The number of hydrogen-bond acceptors (Lipinski definition) is 5. The molecule has 0 bridgehead atoms. The summed E-state index contributed by atoms with van der Waals surface area (Å²) in [7, 11) is -3.37. The van der Waals surface area contributed by atoms with Crippen LogP contribution in [0.2, 0.25) is 0 Å². The summed E-state index contributed by atoms with van der Waals surface area (Å²) in [6.07, 6.45) is 7.59. The quantitative estimate of drug-likeness (QED) is 0.845. The van der Waals surface area contributed by atoms with Crippen molar-refractivity contribution in [1.29, 1.82) is 0 Å². The second-order valence-electron chi connectivity index (χ2n) is 7.13. The molecule has 1 aliphatic heterocycles. The topological polar surface area (TPSA) is 97.2 Å². The molecule has 0 spiro atoms. The van der Waals surface area contributed by atoms with E-state index in [1.165, 1.54) is 6.20 Å². The molecule has 1 fully saturated rings. The van der Waals surface area contributed by atoms with Crippen LogP contribution in [0.1, 0.15) is 32.7 Å². The second-order valence-corrected chi connectivity index (χ2v) is 9.16. The maximum Gasteiger partial charge on any atom is 0.321 e. The first-order chi connectivity index (χ1) is 12.8. The van der Waals surface area contributed by atoms with Gasteiger partial charge in [-0.1, -0.05) is 0 Å². The van der Waals surface area contributed by atoms with Crippen molar-refractivity contribution in [2.75, 3.05) is 24.2 Å². The van der Waals surface area contributed by atoms with Gasteiger partial charge in [-0.05, 0) is 44.7 Å². The number of pyridine rings is 1. The Morgan fingerprint density at radius 3 is 2.52 bits per heavy atom. The molecule has 0 radical (unpaired) electrons. The van der Waals surface area contributed by atoms with E-state index in [4.69, 9.17) is 0 Å². The van der Waals surface area contributed by atoms with Gasteiger partial charge in [-0.3, -0.25) is 9.67 Å². The van der Waals surface area contributed by atoms with Crippen LogP contribution in [0.3, 0.4) is 0 Å². The van der Waals surface area contributed by atoms with Gasteiger partial charge >= 0.3 is 6.03 Å². The van der Waals surface area contributed by atoms with Crippen LogP contribution in [-0.2, 0) is 9.84 Å². The normalized spacial score (nSPS) is 15.9. The Balaban J connectivity index is 1.53. The van der Waals surface area contributed by atoms with E-state index < -0.39 is 9.84 Å². The summed E-state index contributed by atoms with van der Waals surface area (Å²) in [5.74, 6) is 0.138. The van der Waals surface area contributed by atoms with Crippen molar-refractivity contribution in [3.63, 3.8) is 0 Å². The standard InChI is InChI=1S/C18H25N5O3S/c1-14(2)23-12-17(11-20-23)27(25,26)13-15-5-9-22(10-6-15)18(24)21-16-3-7-19-8-4-16/h3-4,7-8,11-12,14-15H,5-6,9-10,13H2,1-2H3,(H,19,21,24). The maximum absolute atomic E-state index is 12.6. The molecular weight excluding hydrogens is 366 g/mol. The number of sulfone groups is 1. The van der Waals surface area contributed by atoms with E-state index in [2.05, 4.69) is 15.4 Å². The lowest BCUT2D eigenvalue weighted by atomic mass is 9.99. The summed E-state index contributed by atoms with van der Waals surface area (Å²) >= 11 is 0. The highest BCUT2D eigenvalue weighted by molar-refractivity contribution is 7.91. The van der Waals surface area contributed by atoms with Gasteiger partial charge in [0.2, 0.25) is 0 Å². The number of hydrogen-bond donors (Lipinski definition) is 1. The van der Waals surface area contributed by atoms with Gasteiger partial charge in [-0.15, -0.1) is 0 Å². The van der Waals surface area contributed by atoms with E-state index >= 15 is 0 Å². The van der Waals surface area contributed by atoms with E-state index in [9.17, 15) is 13.2 Å². The summed E-state index contributed by atoms with van der Waals surface area (Å²) in [4.78, 5) is 18.2. The number of carbonyl (C=O) groups is 1. The summed E-state index contributed by atoms with van der Waals surface area (Å²) in [6.45, 7) is 5.00. The molecule has 1 saturated heterocycles. The fraction of sp³-hybridized carbons (Fsp3) is 0.500. The van der Waals surface area contributed by atoms with Gasteiger partial charge in [0.05, 0.1) is 11.9 Å². The molecule has 1 aliphatic rings. The molecule has 2 aromatic rings.